The molecular formula is C20H23N5O6S. The number of benzene rings is 1. The number of carbonyl (C=O) groups excluding carboxylic acids is 4. The molecule has 0 bridgehead atoms. The fourth-order valence-corrected chi connectivity index (χ4v) is 3.45. The highest BCUT2D eigenvalue weighted by Gasteiger charge is 2.21. The van der Waals surface area contributed by atoms with Crippen molar-refractivity contribution in [1.29, 1.82) is 0 Å². The molecule has 0 aliphatic rings. The molecule has 0 unspecified atom stereocenters. The Labute approximate surface area is 184 Å². The molecule has 2 rings (SSSR count). The van der Waals surface area contributed by atoms with Crippen molar-refractivity contribution in [3.63, 3.8) is 0 Å². The summed E-state index contributed by atoms with van der Waals surface area (Å²) < 4.78 is 27.1. The Balaban J connectivity index is 2.10. The molecule has 32 heavy (non-hydrogen) atoms. The van der Waals surface area contributed by atoms with E-state index in [0.717, 1.165) is 31.2 Å². The fourth-order valence-electron chi connectivity index (χ4n) is 2.43. The van der Waals surface area contributed by atoms with Gasteiger partial charge in [-0.05, 0) is 36.8 Å². The average molecular weight is 462 g/mol. The second-order valence-electron chi connectivity index (χ2n) is 6.59. The number of unbranched alkanes of at least 4 members (excludes halogenated alkanes) is 1. The van der Waals surface area contributed by atoms with Gasteiger partial charge in [-0.2, -0.15) is 0 Å². The largest absolute Gasteiger partial charge is 0.352 e. The van der Waals surface area contributed by atoms with Gasteiger partial charge in [0, 0.05) is 18.3 Å². The molecule has 12 heteroatoms. The van der Waals surface area contributed by atoms with Crippen LogP contribution in [-0.4, -0.2) is 50.1 Å². The van der Waals surface area contributed by atoms with Gasteiger partial charge in [0.1, 0.15) is 5.69 Å². The summed E-state index contributed by atoms with van der Waals surface area (Å²) >= 11 is 0. The minimum absolute atomic E-state index is 0.135. The highest BCUT2D eigenvalue weighted by molar-refractivity contribution is 7.90. The first-order valence-corrected chi connectivity index (χ1v) is 11.1. The summed E-state index contributed by atoms with van der Waals surface area (Å²) in [5.41, 5.74) is 4.95. The Morgan fingerprint density at radius 3 is 2.38 bits per heavy atom. The van der Waals surface area contributed by atoms with Gasteiger partial charge in [0.25, 0.3) is 27.7 Å². The van der Waals surface area contributed by atoms with Crippen LogP contribution < -0.4 is 21.1 Å². The van der Waals surface area contributed by atoms with Crippen molar-refractivity contribution in [1.82, 2.24) is 20.3 Å². The van der Waals surface area contributed by atoms with Gasteiger partial charge in [0.05, 0.1) is 17.0 Å². The Bertz CT molecular complexity index is 1120. The predicted molar refractivity (Wildman–Crippen MR) is 114 cm³/mol. The lowest BCUT2D eigenvalue weighted by molar-refractivity contribution is -0.118. The van der Waals surface area contributed by atoms with Gasteiger partial charge in [-0.3, -0.25) is 29.5 Å². The Kier molecular flexibility index (Phi) is 8.55. The zero-order valence-corrected chi connectivity index (χ0v) is 18.1. The minimum atomic E-state index is -4.28. The maximum atomic E-state index is 12.6. The first-order chi connectivity index (χ1) is 15.2. The first-order valence-electron chi connectivity index (χ1n) is 9.63. The molecule has 5 N–H and O–H groups in total. The maximum absolute atomic E-state index is 12.6. The van der Waals surface area contributed by atoms with Crippen LogP contribution in [0.4, 0.5) is 0 Å². The van der Waals surface area contributed by atoms with Crippen LogP contribution in [0.3, 0.4) is 0 Å². The van der Waals surface area contributed by atoms with Crippen LogP contribution >= 0.6 is 0 Å². The molecule has 0 spiro atoms. The average Bonchev–Trinajstić information content (AvgIpc) is 2.78. The molecular weight excluding hydrogens is 438 g/mol. The van der Waals surface area contributed by atoms with Gasteiger partial charge in [0.15, 0.2) is 0 Å². The Hall–Kier alpha value is -3.64. The topological polar surface area (TPSA) is 177 Å². The molecule has 0 saturated heterocycles. The summed E-state index contributed by atoms with van der Waals surface area (Å²) in [6.07, 6.45) is 2.68. The van der Waals surface area contributed by atoms with Gasteiger partial charge in [-0.25, -0.2) is 13.1 Å². The lowest BCUT2D eigenvalue weighted by Crippen LogP contribution is -2.36. The summed E-state index contributed by atoms with van der Waals surface area (Å²) in [6.45, 7) is 2.05. The summed E-state index contributed by atoms with van der Waals surface area (Å²) in [7, 11) is -4.28. The van der Waals surface area contributed by atoms with Gasteiger partial charge >= 0.3 is 0 Å². The SMILES string of the molecule is CCCCNC(=O)c1cccc(S(=O)(=O)NC(=O)c2ccc(C(=O)NC(=O)CN)nc2)c1. The number of aromatic nitrogens is 1. The summed E-state index contributed by atoms with van der Waals surface area (Å²) in [5.74, 6) is -2.92. The summed E-state index contributed by atoms with van der Waals surface area (Å²) in [6, 6.07) is 7.60. The smallest absolute Gasteiger partial charge is 0.276 e. The van der Waals surface area contributed by atoms with E-state index in [1.165, 1.54) is 24.3 Å². The number of rotatable bonds is 9. The lowest BCUT2D eigenvalue weighted by atomic mass is 10.2. The van der Waals surface area contributed by atoms with Crippen molar-refractivity contribution >= 4 is 33.7 Å². The standard InChI is InChI=1S/C20H23N5O6S/c1-2-3-9-22-18(27)13-5-4-6-15(10-13)32(30,31)25-19(28)14-7-8-16(23-12-14)20(29)24-17(26)11-21/h4-8,10,12H,2-3,9,11,21H2,1H3,(H,22,27)(H,25,28)(H,24,26,29). The van der Waals surface area contributed by atoms with Gasteiger partial charge in [0.2, 0.25) is 5.91 Å². The minimum Gasteiger partial charge on any atom is -0.352 e. The number of nitrogens with two attached hydrogens (primary N) is 1. The molecule has 0 aliphatic carbocycles. The zero-order chi connectivity index (χ0) is 23.7. The highest BCUT2D eigenvalue weighted by Crippen LogP contribution is 2.13. The second kappa shape index (κ2) is 11.1. The number of pyridine rings is 1. The number of nitrogens with zero attached hydrogens (tertiary/aromatic N) is 1. The second-order valence-corrected chi connectivity index (χ2v) is 8.27. The van der Waals surface area contributed by atoms with Crippen LogP contribution in [0.5, 0.6) is 0 Å². The Morgan fingerprint density at radius 2 is 1.75 bits per heavy atom. The lowest BCUT2D eigenvalue weighted by Gasteiger charge is -2.09. The van der Waals surface area contributed by atoms with E-state index in [9.17, 15) is 27.6 Å². The van der Waals surface area contributed by atoms with E-state index in [4.69, 9.17) is 5.73 Å². The number of amides is 4. The van der Waals surface area contributed by atoms with Crippen LogP contribution in [0.1, 0.15) is 51.0 Å². The predicted octanol–water partition coefficient (Wildman–Crippen LogP) is -0.0547. The molecule has 1 heterocycles. The van der Waals surface area contributed by atoms with Crippen molar-refractivity contribution in [2.75, 3.05) is 13.1 Å². The molecule has 0 atom stereocenters. The summed E-state index contributed by atoms with van der Waals surface area (Å²) in [5, 5.41) is 4.68. The number of hydrogen-bond acceptors (Lipinski definition) is 8. The van der Waals surface area contributed by atoms with E-state index in [-0.39, 0.29) is 28.3 Å². The third-order valence-electron chi connectivity index (χ3n) is 4.15. The third kappa shape index (κ3) is 6.68. The van der Waals surface area contributed by atoms with Crippen LogP contribution in [-0.2, 0) is 14.8 Å². The molecule has 1 aromatic carbocycles. The number of nitrogens with one attached hydrogen (secondary N) is 3. The molecule has 170 valence electrons. The number of imide groups is 1. The molecule has 0 aliphatic heterocycles. The van der Waals surface area contributed by atoms with Crippen molar-refractivity contribution in [2.45, 2.75) is 24.7 Å². The zero-order valence-electron chi connectivity index (χ0n) is 17.3. The van der Waals surface area contributed by atoms with Crippen molar-refractivity contribution < 1.29 is 27.6 Å². The molecule has 4 amide bonds. The first kappa shape index (κ1) is 24.6. The highest BCUT2D eigenvalue weighted by atomic mass is 32.2. The van der Waals surface area contributed by atoms with E-state index in [2.05, 4.69) is 10.3 Å². The van der Waals surface area contributed by atoms with Crippen molar-refractivity contribution in [2.24, 2.45) is 5.73 Å². The molecule has 11 nitrogen and oxygen atoms in total. The van der Waals surface area contributed by atoms with E-state index in [0.29, 0.717) is 6.54 Å². The molecule has 0 saturated carbocycles. The molecule has 2 aromatic rings. The van der Waals surface area contributed by atoms with Gasteiger partial charge in [-0.1, -0.05) is 19.4 Å². The molecule has 1 aromatic heterocycles. The maximum Gasteiger partial charge on any atom is 0.276 e. The quantitative estimate of drug-likeness (QED) is 0.375. The number of sulfonamides is 1. The molecule has 0 fully saturated rings. The Morgan fingerprint density at radius 1 is 1.00 bits per heavy atom. The van der Waals surface area contributed by atoms with Crippen LogP contribution in [0.15, 0.2) is 47.5 Å². The van der Waals surface area contributed by atoms with E-state index in [1.54, 1.807) is 0 Å². The normalized spacial score (nSPS) is 10.8. The van der Waals surface area contributed by atoms with Crippen molar-refractivity contribution in [3.05, 3.63) is 59.4 Å². The number of carbonyl (C=O) groups is 4. The monoisotopic (exact) mass is 461 g/mol. The number of hydrogen-bond donors (Lipinski definition) is 4. The summed E-state index contributed by atoms with van der Waals surface area (Å²) in [4.78, 5) is 50.9. The van der Waals surface area contributed by atoms with Crippen LogP contribution in [0, 0.1) is 0 Å². The van der Waals surface area contributed by atoms with E-state index < -0.39 is 33.7 Å². The van der Waals surface area contributed by atoms with Gasteiger partial charge in [-0.15, -0.1) is 0 Å². The van der Waals surface area contributed by atoms with E-state index >= 15 is 0 Å². The third-order valence-corrected chi connectivity index (χ3v) is 5.47. The van der Waals surface area contributed by atoms with Crippen molar-refractivity contribution in [3.8, 4) is 0 Å². The van der Waals surface area contributed by atoms with Crippen LogP contribution in [0.2, 0.25) is 0 Å². The fraction of sp³-hybridized carbons (Fsp3) is 0.250. The van der Waals surface area contributed by atoms with E-state index in [1.807, 2.05) is 17.0 Å². The molecule has 0 radical (unpaired) electrons. The van der Waals surface area contributed by atoms with Crippen LogP contribution in [0.25, 0.3) is 0 Å². The van der Waals surface area contributed by atoms with Gasteiger partial charge < -0.3 is 11.1 Å².